The molecule has 0 N–H and O–H groups in total. The summed E-state index contributed by atoms with van der Waals surface area (Å²) < 4.78 is 6.85. The highest BCUT2D eigenvalue weighted by Gasteiger charge is 2.27. The molecule has 3 heterocycles. The van der Waals surface area contributed by atoms with Gasteiger partial charge >= 0.3 is 0 Å². The zero-order valence-corrected chi connectivity index (χ0v) is 14.1. The smallest absolute Gasteiger partial charge is 0.289 e. The highest BCUT2D eigenvalue weighted by atomic mass is 16.3. The molecule has 0 aliphatic carbocycles. The van der Waals surface area contributed by atoms with Crippen LogP contribution in [-0.4, -0.2) is 57.6 Å². The van der Waals surface area contributed by atoms with Crippen LogP contribution in [0, 0.1) is 0 Å². The van der Waals surface area contributed by atoms with Gasteiger partial charge < -0.3 is 14.2 Å². The summed E-state index contributed by atoms with van der Waals surface area (Å²) in [7, 11) is 0. The van der Waals surface area contributed by atoms with Gasteiger partial charge in [0.05, 0.1) is 17.5 Å². The average molecular weight is 350 g/mol. The van der Waals surface area contributed by atoms with Crippen molar-refractivity contribution in [3.8, 4) is 5.69 Å². The zero-order valence-electron chi connectivity index (χ0n) is 14.1. The van der Waals surface area contributed by atoms with E-state index < -0.39 is 0 Å². The van der Waals surface area contributed by atoms with Crippen LogP contribution in [0.15, 0.2) is 65.5 Å². The second-order valence-corrected chi connectivity index (χ2v) is 6.03. The molecule has 0 bridgehead atoms. The third-order valence-electron chi connectivity index (χ3n) is 4.47. The molecule has 0 radical (unpaired) electrons. The summed E-state index contributed by atoms with van der Waals surface area (Å²) in [4.78, 5) is 28.8. The molecule has 1 fully saturated rings. The van der Waals surface area contributed by atoms with Crippen molar-refractivity contribution < 1.29 is 14.0 Å². The van der Waals surface area contributed by atoms with E-state index in [1.807, 2.05) is 30.5 Å². The second kappa shape index (κ2) is 6.87. The molecule has 1 aliphatic rings. The first-order valence-corrected chi connectivity index (χ1v) is 8.45. The monoisotopic (exact) mass is 350 g/mol. The highest BCUT2D eigenvalue weighted by Crippen LogP contribution is 2.17. The predicted octanol–water partition coefficient (Wildman–Crippen LogP) is 2.06. The van der Waals surface area contributed by atoms with Gasteiger partial charge in [0.15, 0.2) is 5.76 Å². The summed E-state index contributed by atoms with van der Waals surface area (Å²) in [5.74, 6) is 0.133. The number of rotatable bonds is 3. The first kappa shape index (κ1) is 16.1. The Morgan fingerprint density at radius 1 is 0.885 bits per heavy atom. The molecule has 1 aromatic carbocycles. The minimum atomic E-state index is -0.140. The lowest BCUT2D eigenvalue weighted by molar-refractivity contribution is 0.0518. The lowest BCUT2D eigenvalue weighted by Gasteiger charge is -2.34. The maximum atomic E-state index is 13.0. The van der Waals surface area contributed by atoms with Gasteiger partial charge in [-0.1, -0.05) is 12.1 Å². The minimum Gasteiger partial charge on any atom is -0.459 e. The van der Waals surface area contributed by atoms with Crippen LogP contribution in [0.1, 0.15) is 20.9 Å². The van der Waals surface area contributed by atoms with Crippen molar-refractivity contribution in [3.05, 3.63) is 72.4 Å². The van der Waals surface area contributed by atoms with Crippen molar-refractivity contribution >= 4 is 11.8 Å². The maximum absolute atomic E-state index is 13.0. The van der Waals surface area contributed by atoms with Crippen LogP contribution in [0.25, 0.3) is 5.69 Å². The van der Waals surface area contributed by atoms with E-state index >= 15 is 0 Å². The van der Waals surface area contributed by atoms with Gasteiger partial charge in [-0.3, -0.25) is 9.59 Å². The van der Waals surface area contributed by atoms with Gasteiger partial charge in [-0.05, 0) is 30.3 Å². The third-order valence-corrected chi connectivity index (χ3v) is 4.47. The van der Waals surface area contributed by atoms with E-state index in [4.69, 9.17) is 4.42 Å². The number of hydrogen-bond donors (Lipinski definition) is 0. The quantitative estimate of drug-likeness (QED) is 0.725. The summed E-state index contributed by atoms with van der Waals surface area (Å²) in [5, 5.41) is 4.22. The number of carbonyl (C=O) groups excluding carboxylic acids is 2. The molecule has 0 saturated carbocycles. The van der Waals surface area contributed by atoms with E-state index in [0.29, 0.717) is 37.5 Å². The molecule has 1 saturated heterocycles. The number of para-hydroxylation sites is 1. The molecule has 4 rings (SSSR count). The first-order chi connectivity index (χ1) is 12.7. The van der Waals surface area contributed by atoms with E-state index in [9.17, 15) is 9.59 Å². The Bertz CT molecular complexity index is 895. The van der Waals surface area contributed by atoms with Crippen molar-refractivity contribution in [3.63, 3.8) is 0 Å². The van der Waals surface area contributed by atoms with Crippen LogP contribution in [0.5, 0.6) is 0 Å². The maximum Gasteiger partial charge on any atom is 0.289 e. The molecular formula is C19H18N4O3. The molecule has 0 atom stereocenters. The SMILES string of the molecule is O=C(c1ccco1)N1CCN(C(=O)c2ccccc2-n2cccn2)CC1. The van der Waals surface area contributed by atoms with Gasteiger partial charge in [0, 0.05) is 38.6 Å². The van der Waals surface area contributed by atoms with Crippen LogP contribution in [0.4, 0.5) is 0 Å². The Morgan fingerprint density at radius 2 is 1.62 bits per heavy atom. The third kappa shape index (κ3) is 2.99. The molecule has 2 amide bonds. The van der Waals surface area contributed by atoms with Gasteiger partial charge in [0.2, 0.25) is 0 Å². The lowest BCUT2D eigenvalue weighted by atomic mass is 10.1. The first-order valence-electron chi connectivity index (χ1n) is 8.45. The van der Waals surface area contributed by atoms with E-state index in [1.54, 1.807) is 38.9 Å². The number of benzene rings is 1. The number of piperazine rings is 1. The summed E-state index contributed by atoms with van der Waals surface area (Å²) in [5.41, 5.74) is 1.35. The molecule has 7 nitrogen and oxygen atoms in total. The standard InChI is InChI=1S/C19H18N4O3/c24-18(15-5-1-2-6-16(15)23-9-4-8-20-23)21-10-12-22(13-11-21)19(25)17-7-3-14-26-17/h1-9,14H,10-13H2. The Labute approximate surface area is 150 Å². The number of carbonyl (C=O) groups is 2. The van der Waals surface area contributed by atoms with Crippen molar-refractivity contribution in [2.75, 3.05) is 26.2 Å². The average Bonchev–Trinajstić information content (AvgIpc) is 3.41. The van der Waals surface area contributed by atoms with Crippen LogP contribution >= 0.6 is 0 Å². The topological polar surface area (TPSA) is 71.6 Å². The molecule has 26 heavy (non-hydrogen) atoms. The Kier molecular flexibility index (Phi) is 4.27. The Hall–Kier alpha value is -3.35. The minimum absolute atomic E-state index is 0.0544. The van der Waals surface area contributed by atoms with Gasteiger partial charge in [0.1, 0.15) is 0 Å². The molecule has 0 unspecified atom stereocenters. The van der Waals surface area contributed by atoms with E-state index in [0.717, 1.165) is 5.69 Å². The molecule has 3 aromatic rings. The molecular weight excluding hydrogens is 332 g/mol. The highest BCUT2D eigenvalue weighted by molar-refractivity contribution is 5.98. The van der Waals surface area contributed by atoms with E-state index in [1.165, 1.54) is 6.26 Å². The van der Waals surface area contributed by atoms with Gasteiger partial charge in [-0.2, -0.15) is 5.10 Å². The fourth-order valence-corrected chi connectivity index (χ4v) is 3.10. The summed E-state index contributed by atoms with van der Waals surface area (Å²) in [6, 6.07) is 12.6. The van der Waals surface area contributed by atoms with Crippen molar-refractivity contribution in [1.82, 2.24) is 19.6 Å². The second-order valence-electron chi connectivity index (χ2n) is 6.03. The number of amides is 2. The van der Waals surface area contributed by atoms with Crippen molar-refractivity contribution in [1.29, 1.82) is 0 Å². The predicted molar refractivity (Wildman–Crippen MR) is 94.1 cm³/mol. The van der Waals surface area contributed by atoms with Crippen LogP contribution in [0.3, 0.4) is 0 Å². The fourth-order valence-electron chi connectivity index (χ4n) is 3.10. The molecule has 2 aromatic heterocycles. The lowest BCUT2D eigenvalue weighted by Crippen LogP contribution is -2.50. The number of furan rings is 1. The van der Waals surface area contributed by atoms with Crippen LogP contribution in [0.2, 0.25) is 0 Å². The van der Waals surface area contributed by atoms with Gasteiger partial charge in [-0.15, -0.1) is 0 Å². The Balaban J connectivity index is 1.47. The van der Waals surface area contributed by atoms with E-state index in [-0.39, 0.29) is 11.8 Å². The van der Waals surface area contributed by atoms with Gasteiger partial charge in [0.25, 0.3) is 11.8 Å². The van der Waals surface area contributed by atoms with Crippen molar-refractivity contribution in [2.24, 2.45) is 0 Å². The number of aromatic nitrogens is 2. The summed E-state index contributed by atoms with van der Waals surface area (Å²) >= 11 is 0. The zero-order chi connectivity index (χ0) is 17.9. The summed E-state index contributed by atoms with van der Waals surface area (Å²) in [6.07, 6.45) is 4.98. The number of nitrogens with zero attached hydrogens (tertiary/aromatic N) is 4. The van der Waals surface area contributed by atoms with Gasteiger partial charge in [-0.25, -0.2) is 4.68 Å². The molecule has 7 heteroatoms. The number of hydrogen-bond acceptors (Lipinski definition) is 4. The van der Waals surface area contributed by atoms with Crippen molar-refractivity contribution in [2.45, 2.75) is 0 Å². The fraction of sp³-hybridized carbons (Fsp3) is 0.211. The van der Waals surface area contributed by atoms with Crippen LogP contribution in [-0.2, 0) is 0 Å². The van der Waals surface area contributed by atoms with E-state index in [2.05, 4.69) is 5.10 Å². The normalized spacial score (nSPS) is 14.5. The summed E-state index contributed by atoms with van der Waals surface area (Å²) in [6.45, 7) is 1.93. The molecule has 1 aliphatic heterocycles. The largest absolute Gasteiger partial charge is 0.459 e. The molecule has 0 spiro atoms. The Morgan fingerprint density at radius 3 is 2.27 bits per heavy atom. The molecule has 132 valence electrons. The van der Waals surface area contributed by atoms with Crippen LogP contribution < -0.4 is 0 Å².